The van der Waals surface area contributed by atoms with Crippen LogP contribution in [0.3, 0.4) is 0 Å². The molecule has 98 heavy (non-hydrogen) atoms. The van der Waals surface area contributed by atoms with Crippen molar-refractivity contribution in [3.8, 4) is 73.0 Å². The molecule has 1 aliphatic heterocycles. The molecule has 0 atom stereocenters. The first-order valence-corrected chi connectivity index (χ1v) is 34.8. The smallest absolute Gasteiger partial charge is 0.145 e. The first kappa shape index (κ1) is 63.6. The third-order valence-corrected chi connectivity index (χ3v) is 20.1. The van der Waals surface area contributed by atoms with E-state index in [0.717, 1.165) is 100 Å². The van der Waals surface area contributed by atoms with E-state index < -0.39 is 0 Å². The second-order valence-electron chi connectivity index (χ2n) is 32.2. The van der Waals surface area contributed by atoms with Crippen LogP contribution in [-0.4, -0.2) is 16.2 Å². The van der Waals surface area contributed by atoms with Crippen molar-refractivity contribution in [1.82, 2.24) is 9.55 Å². The van der Waals surface area contributed by atoms with E-state index in [9.17, 15) is 0 Å². The molecule has 0 saturated heterocycles. The summed E-state index contributed by atoms with van der Waals surface area (Å²) in [4.78, 5) is 10.2. The lowest BCUT2D eigenvalue weighted by Crippen LogP contribution is -2.25. The Morgan fingerprint density at radius 2 is 0.867 bits per heavy atom. The zero-order chi connectivity index (χ0) is 68.4. The number of hydrogen-bond donors (Lipinski definition) is 0. The molecule has 0 amide bonds. The number of nitrogens with zero attached hydrogens (tertiary/aromatic N) is 4. The van der Waals surface area contributed by atoms with Gasteiger partial charge in [-0.15, -0.1) is 0 Å². The molecule has 15 rings (SSSR count). The van der Waals surface area contributed by atoms with E-state index >= 15 is 0 Å². The quantitative estimate of drug-likeness (QED) is 0.137. The van der Waals surface area contributed by atoms with Gasteiger partial charge in [0.2, 0.25) is 0 Å². The Bertz CT molecular complexity index is 5200. The summed E-state index contributed by atoms with van der Waals surface area (Å²) in [6, 6.07) is 89.6. The number of benzene rings is 11. The van der Waals surface area contributed by atoms with Gasteiger partial charge in [0.05, 0.1) is 33.5 Å². The number of furan rings is 1. The van der Waals surface area contributed by atoms with Gasteiger partial charge >= 0.3 is 0 Å². The maximum absolute atomic E-state index is 7.55. The largest absolute Gasteiger partial charge is 0.457 e. The van der Waals surface area contributed by atoms with E-state index in [1.54, 1.807) is 0 Å². The van der Waals surface area contributed by atoms with Crippen LogP contribution in [0.4, 0.5) is 22.7 Å². The lowest BCUT2D eigenvalue weighted by molar-refractivity contribution is 0.483. The zero-order valence-electron chi connectivity index (χ0n) is 59.5. The van der Waals surface area contributed by atoms with Gasteiger partial charge in [-0.3, -0.25) is 4.57 Å². The van der Waals surface area contributed by atoms with Gasteiger partial charge in [0, 0.05) is 51.3 Å². The molecule has 0 unspecified atom stereocenters. The highest BCUT2D eigenvalue weighted by Gasteiger charge is 2.35. The van der Waals surface area contributed by atoms with E-state index in [1.165, 1.54) is 55.8 Å². The second-order valence-corrected chi connectivity index (χ2v) is 32.2. The summed E-state index contributed by atoms with van der Waals surface area (Å²) < 4.78 is 16.7. The maximum atomic E-state index is 7.55. The van der Waals surface area contributed by atoms with Gasteiger partial charge < -0.3 is 19.0 Å². The molecule has 488 valence electrons. The Morgan fingerprint density at radius 1 is 0.357 bits per heavy atom. The molecule has 0 bridgehead atoms. The van der Waals surface area contributed by atoms with Crippen LogP contribution in [0, 0.1) is 0 Å². The van der Waals surface area contributed by atoms with Crippen molar-refractivity contribution in [3.05, 3.63) is 277 Å². The third kappa shape index (κ3) is 11.6. The summed E-state index contributed by atoms with van der Waals surface area (Å²) in [5.41, 5.74) is 25.5. The van der Waals surface area contributed by atoms with Crippen molar-refractivity contribution in [2.75, 3.05) is 16.5 Å². The highest BCUT2D eigenvalue weighted by Crippen LogP contribution is 2.54. The van der Waals surface area contributed by atoms with Crippen LogP contribution in [0.15, 0.2) is 253 Å². The standard InChI is InChI=1S/C92H88N4O2/c1-88(2,3)63-44-45-93-83(54-63)96-80-43-42-76-75-32-22-25-39-82(75)98-87(76)85(80)77-41-40-69(56-81(77)96)97-70-51-62(84-71(58-28-18-16-19-29-58)33-26-34-72(84)59-30-20-17-21-31-59)50-68(55-70)94-57-95(79-38-24-23-37-78(79)94)86-73(60-46-64(89(4,5)6)52-65(47-60)90(7,8)9)35-27-36-74(86)61-48-66(91(10,11)12)53-67(49-61)92(13,14)15/h16-56H,57H2,1-15H3. The SMILES string of the molecule is CC(C)(C)c1cc(-c2cccc(-c3cc(C(C)(C)C)cc(C(C)(C)C)c3)c2N2CN(c3cc(Oc4ccc5c6c7oc8ccccc8c7ccc6n(-c6cc(C(C)(C)C)ccn6)c5c4)cc(-c4c(-c5ccccc5)cccc4-c4ccccc4)c3)c3ccccc32)cc(C(C)(C)C)c1. The summed E-state index contributed by atoms with van der Waals surface area (Å²) in [5, 5.41) is 4.25. The normalized spacial score (nSPS) is 13.2. The van der Waals surface area contributed by atoms with Crippen LogP contribution in [0.2, 0.25) is 0 Å². The number of para-hydroxylation sites is 4. The van der Waals surface area contributed by atoms with Crippen molar-refractivity contribution in [2.24, 2.45) is 0 Å². The summed E-state index contributed by atoms with van der Waals surface area (Å²) in [5.74, 6) is 2.22. The number of ether oxygens (including phenoxy) is 1. The number of rotatable bonds is 10. The molecule has 0 fully saturated rings. The molecule has 0 saturated carbocycles. The van der Waals surface area contributed by atoms with Gasteiger partial charge in [-0.25, -0.2) is 4.98 Å². The highest BCUT2D eigenvalue weighted by atomic mass is 16.5. The molecule has 3 aromatic heterocycles. The molecular weight excluding hydrogens is 1190 g/mol. The maximum Gasteiger partial charge on any atom is 0.145 e. The molecule has 11 aromatic carbocycles. The van der Waals surface area contributed by atoms with Gasteiger partial charge in [0.25, 0.3) is 0 Å². The fraction of sp³-hybridized carbons (Fsp3) is 0.228. The topological polar surface area (TPSA) is 46.7 Å². The fourth-order valence-corrected chi connectivity index (χ4v) is 14.5. The molecule has 0 aliphatic carbocycles. The van der Waals surface area contributed by atoms with E-state index in [-0.39, 0.29) is 27.1 Å². The number of fused-ring (bicyclic) bond motifs is 8. The van der Waals surface area contributed by atoms with E-state index in [2.05, 4.69) is 355 Å². The molecule has 1 aliphatic rings. The van der Waals surface area contributed by atoms with Gasteiger partial charge in [-0.1, -0.05) is 268 Å². The van der Waals surface area contributed by atoms with Crippen molar-refractivity contribution in [3.63, 3.8) is 0 Å². The van der Waals surface area contributed by atoms with Crippen LogP contribution >= 0.6 is 0 Å². The van der Waals surface area contributed by atoms with Crippen LogP contribution in [0.5, 0.6) is 11.5 Å². The number of hydrogen-bond acceptors (Lipinski definition) is 5. The predicted molar refractivity (Wildman–Crippen MR) is 415 cm³/mol. The Balaban J connectivity index is 0.967. The minimum absolute atomic E-state index is 0.0978. The zero-order valence-corrected chi connectivity index (χ0v) is 59.5. The molecule has 4 heterocycles. The van der Waals surface area contributed by atoms with Gasteiger partial charge in [-0.2, -0.15) is 0 Å². The van der Waals surface area contributed by atoms with Crippen molar-refractivity contribution in [2.45, 2.75) is 131 Å². The molecule has 6 nitrogen and oxygen atoms in total. The van der Waals surface area contributed by atoms with E-state index in [0.29, 0.717) is 18.2 Å². The Kier molecular flexibility index (Phi) is 15.4. The van der Waals surface area contributed by atoms with E-state index in [4.69, 9.17) is 14.1 Å². The first-order chi connectivity index (χ1) is 46.7. The van der Waals surface area contributed by atoms with Crippen LogP contribution < -0.4 is 14.5 Å². The minimum Gasteiger partial charge on any atom is -0.457 e. The van der Waals surface area contributed by atoms with Crippen molar-refractivity contribution >= 4 is 66.5 Å². The highest BCUT2D eigenvalue weighted by molar-refractivity contribution is 6.24. The summed E-state index contributed by atoms with van der Waals surface area (Å²) in [6.45, 7) is 35.3. The number of anilines is 4. The number of aromatic nitrogens is 2. The second kappa shape index (κ2) is 23.7. The molecule has 0 radical (unpaired) electrons. The van der Waals surface area contributed by atoms with Crippen molar-refractivity contribution < 1.29 is 9.15 Å². The summed E-state index contributed by atoms with van der Waals surface area (Å²) in [7, 11) is 0. The molecular formula is C92H88N4O2. The van der Waals surface area contributed by atoms with Crippen LogP contribution in [-0.2, 0) is 27.1 Å². The lowest BCUT2D eigenvalue weighted by Gasteiger charge is -2.31. The molecule has 0 N–H and O–H groups in total. The average molecular weight is 1280 g/mol. The summed E-state index contributed by atoms with van der Waals surface area (Å²) >= 11 is 0. The average Bonchev–Trinajstić information content (AvgIpc) is 1.55. The van der Waals surface area contributed by atoms with Gasteiger partial charge in [0.15, 0.2) is 0 Å². The van der Waals surface area contributed by atoms with E-state index in [1.807, 2.05) is 12.3 Å². The Hall–Kier alpha value is -10.4. The van der Waals surface area contributed by atoms with Crippen molar-refractivity contribution in [1.29, 1.82) is 0 Å². The minimum atomic E-state index is -0.111. The monoisotopic (exact) mass is 1280 g/mol. The Labute approximate surface area is 578 Å². The first-order valence-electron chi connectivity index (χ1n) is 34.8. The van der Waals surface area contributed by atoms with Gasteiger partial charge in [0.1, 0.15) is 35.2 Å². The van der Waals surface area contributed by atoms with Crippen LogP contribution in [0.1, 0.15) is 132 Å². The third-order valence-electron chi connectivity index (χ3n) is 20.1. The summed E-state index contributed by atoms with van der Waals surface area (Å²) in [6.07, 6.45) is 1.94. The Morgan fingerprint density at radius 3 is 1.43 bits per heavy atom. The molecule has 14 aromatic rings. The van der Waals surface area contributed by atoms with Gasteiger partial charge in [-0.05, 0) is 166 Å². The molecule has 6 heteroatoms. The number of pyridine rings is 1. The fourth-order valence-electron chi connectivity index (χ4n) is 14.5. The lowest BCUT2D eigenvalue weighted by atomic mass is 9.77. The molecule has 0 spiro atoms. The van der Waals surface area contributed by atoms with Crippen LogP contribution in [0.25, 0.3) is 105 Å². The predicted octanol–water partition coefficient (Wildman–Crippen LogP) is 25.9.